The summed E-state index contributed by atoms with van der Waals surface area (Å²) in [5.74, 6) is 2.62. The summed E-state index contributed by atoms with van der Waals surface area (Å²) >= 11 is 0. The molecule has 1 saturated heterocycles. The number of aliphatic hydroxyl groups excluding tert-OH is 1. The van der Waals surface area contributed by atoms with E-state index in [0.717, 1.165) is 55.8 Å². The summed E-state index contributed by atoms with van der Waals surface area (Å²) < 4.78 is 5.68. The molecule has 7 nitrogen and oxygen atoms in total. The Labute approximate surface area is 173 Å². The predicted molar refractivity (Wildman–Crippen MR) is 117 cm³/mol. The van der Waals surface area contributed by atoms with Gasteiger partial charge < -0.3 is 25.0 Å². The lowest BCUT2D eigenvalue weighted by atomic mass is 10.2. The van der Waals surface area contributed by atoms with Crippen molar-refractivity contribution >= 4 is 11.8 Å². The minimum Gasteiger partial charge on any atom is -0.491 e. The van der Waals surface area contributed by atoms with Gasteiger partial charge in [0.15, 0.2) is 5.96 Å². The van der Waals surface area contributed by atoms with Crippen LogP contribution in [0.3, 0.4) is 0 Å². The molecule has 29 heavy (non-hydrogen) atoms. The molecule has 1 unspecified atom stereocenters. The molecule has 0 bridgehead atoms. The van der Waals surface area contributed by atoms with Gasteiger partial charge in [0.25, 0.3) is 0 Å². The minimum absolute atomic E-state index is 0.222. The maximum Gasteiger partial charge on any atom is 0.194 e. The second-order valence-electron chi connectivity index (χ2n) is 7.14. The molecule has 0 aliphatic carbocycles. The van der Waals surface area contributed by atoms with Gasteiger partial charge in [0.1, 0.15) is 24.3 Å². The molecule has 3 rings (SSSR count). The molecular formula is C22H31N5O2. The first-order chi connectivity index (χ1) is 14.2. The number of piperazine rings is 1. The quantitative estimate of drug-likeness (QED) is 0.549. The predicted octanol–water partition coefficient (Wildman–Crippen LogP) is 1.92. The molecule has 2 heterocycles. The Morgan fingerprint density at radius 1 is 1.21 bits per heavy atom. The summed E-state index contributed by atoms with van der Waals surface area (Å²) in [5, 5.41) is 13.6. The highest BCUT2D eigenvalue weighted by atomic mass is 16.5. The fourth-order valence-corrected chi connectivity index (χ4v) is 3.26. The SMILES string of the molecule is CCNC(=NCC(O)COc1cccc(C)c1)N1CCN(c2ccccn2)CC1. The molecule has 1 aromatic heterocycles. The minimum atomic E-state index is -0.654. The molecule has 0 radical (unpaired) electrons. The highest BCUT2D eigenvalue weighted by Gasteiger charge is 2.20. The molecule has 0 spiro atoms. The summed E-state index contributed by atoms with van der Waals surface area (Å²) in [6, 6.07) is 13.8. The van der Waals surface area contributed by atoms with Gasteiger partial charge in [-0.2, -0.15) is 0 Å². The molecular weight excluding hydrogens is 366 g/mol. The zero-order valence-corrected chi connectivity index (χ0v) is 17.3. The van der Waals surface area contributed by atoms with Crippen molar-refractivity contribution in [1.82, 2.24) is 15.2 Å². The Bertz CT molecular complexity index is 776. The van der Waals surface area contributed by atoms with E-state index < -0.39 is 6.10 Å². The molecule has 156 valence electrons. The van der Waals surface area contributed by atoms with Crippen molar-refractivity contribution in [1.29, 1.82) is 0 Å². The van der Waals surface area contributed by atoms with Gasteiger partial charge in [-0.15, -0.1) is 0 Å². The number of ether oxygens (including phenoxy) is 1. The van der Waals surface area contributed by atoms with Crippen LogP contribution in [-0.4, -0.2) is 72.9 Å². The number of anilines is 1. The lowest BCUT2D eigenvalue weighted by Gasteiger charge is -2.37. The molecule has 1 aliphatic rings. The Hall–Kier alpha value is -2.80. The van der Waals surface area contributed by atoms with Gasteiger partial charge in [0.05, 0.1) is 6.54 Å². The van der Waals surface area contributed by atoms with E-state index >= 15 is 0 Å². The number of nitrogens with one attached hydrogen (secondary N) is 1. The van der Waals surface area contributed by atoms with E-state index in [4.69, 9.17) is 4.74 Å². The Kier molecular flexibility index (Phi) is 7.69. The Morgan fingerprint density at radius 3 is 2.72 bits per heavy atom. The summed E-state index contributed by atoms with van der Waals surface area (Å²) in [6.45, 7) is 8.88. The van der Waals surface area contributed by atoms with Crippen molar-refractivity contribution in [2.75, 3.05) is 50.8 Å². The number of aromatic nitrogens is 1. The van der Waals surface area contributed by atoms with E-state index in [1.54, 1.807) is 0 Å². The van der Waals surface area contributed by atoms with Gasteiger partial charge in [0.2, 0.25) is 0 Å². The highest BCUT2D eigenvalue weighted by molar-refractivity contribution is 5.80. The van der Waals surface area contributed by atoms with Gasteiger partial charge in [-0.05, 0) is 43.7 Å². The second-order valence-corrected chi connectivity index (χ2v) is 7.14. The molecule has 1 atom stereocenters. The number of hydrogen-bond donors (Lipinski definition) is 2. The van der Waals surface area contributed by atoms with Crippen molar-refractivity contribution in [3.05, 3.63) is 54.2 Å². The molecule has 0 saturated carbocycles. The van der Waals surface area contributed by atoms with Gasteiger partial charge in [-0.25, -0.2) is 4.98 Å². The van der Waals surface area contributed by atoms with E-state index in [1.165, 1.54) is 0 Å². The third kappa shape index (κ3) is 6.35. The van der Waals surface area contributed by atoms with Crippen LogP contribution in [0.1, 0.15) is 12.5 Å². The van der Waals surface area contributed by atoms with Crippen LogP contribution in [0.15, 0.2) is 53.7 Å². The van der Waals surface area contributed by atoms with E-state index in [1.807, 2.05) is 55.6 Å². The highest BCUT2D eigenvalue weighted by Crippen LogP contribution is 2.14. The van der Waals surface area contributed by atoms with Crippen molar-refractivity contribution in [3.8, 4) is 5.75 Å². The number of aryl methyl sites for hydroxylation is 1. The number of nitrogens with zero attached hydrogens (tertiary/aromatic N) is 4. The van der Waals surface area contributed by atoms with Crippen LogP contribution in [0.5, 0.6) is 5.75 Å². The summed E-state index contributed by atoms with van der Waals surface area (Å²) in [7, 11) is 0. The smallest absolute Gasteiger partial charge is 0.194 e. The Morgan fingerprint density at radius 2 is 2.03 bits per heavy atom. The fourth-order valence-electron chi connectivity index (χ4n) is 3.26. The lowest BCUT2D eigenvalue weighted by molar-refractivity contribution is 0.114. The van der Waals surface area contributed by atoms with Gasteiger partial charge in [-0.3, -0.25) is 4.99 Å². The summed E-state index contributed by atoms with van der Waals surface area (Å²) in [5.41, 5.74) is 1.13. The first kappa shape index (κ1) is 20.9. The zero-order valence-electron chi connectivity index (χ0n) is 17.3. The summed E-state index contributed by atoms with van der Waals surface area (Å²) in [6.07, 6.45) is 1.17. The first-order valence-electron chi connectivity index (χ1n) is 10.2. The largest absolute Gasteiger partial charge is 0.491 e. The third-order valence-electron chi connectivity index (χ3n) is 4.77. The average molecular weight is 398 g/mol. The number of aliphatic hydroxyl groups is 1. The zero-order chi connectivity index (χ0) is 20.5. The van der Waals surface area contributed by atoms with Crippen molar-refractivity contribution in [2.24, 2.45) is 4.99 Å². The van der Waals surface area contributed by atoms with Crippen molar-refractivity contribution in [3.63, 3.8) is 0 Å². The molecule has 0 amide bonds. The van der Waals surface area contributed by atoms with Crippen LogP contribution in [-0.2, 0) is 0 Å². The molecule has 1 aliphatic heterocycles. The Balaban J connectivity index is 1.50. The monoisotopic (exact) mass is 397 g/mol. The van der Waals surface area contributed by atoms with Crippen molar-refractivity contribution < 1.29 is 9.84 Å². The van der Waals surface area contributed by atoms with Crippen LogP contribution < -0.4 is 15.0 Å². The number of aliphatic imine (C=N–C) groups is 1. The van der Waals surface area contributed by atoms with Gasteiger partial charge >= 0.3 is 0 Å². The normalized spacial score (nSPS) is 15.9. The number of benzene rings is 1. The standard InChI is InChI=1S/C22H31N5O2/c1-3-23-22(25-16-19(28)17-29-20-8-6-7-18(2)15-20)27-13-11-26(12-14-27)21-9-4-5-10-24-21/h4-10,15,19,28H,3,11-14,16-17H2,1-2H3,(H,23,25). The van der Waals surface area contributed by atoms with E-state index in [-0.39, 0.29) is 6.61 Å². The fraction of sp³-hybridized carbons (Fsp3) is 0.455. The number of rotatable bonds is 7. The molecule has 7 heteroatoms. The van der Waals surface area contributed by atoms with Crippen molar-refractivity contribution in [2.45, 2.75) is 20.0 Å². The third-order valence-corrected chi connectivity index (χ3v) is 4.77. The van der Waals surface area contributed by atoms with Crippen LogP contribution in [0, 0.1) is 6.92 Å². The van der Waals surface area contributed by atoms with Gasteiger partial charge in [0, 0.05) is 38.9 Å². The molecule has 1 aromatic carbocycles. The van der Waals surface area contributed by atoms with Crippen LogP contribution >= 0.6 is 0 Å². The van der Waals surface area contributed by atoms with Gasteiger partial charge in [-0.1, -0.05) is 18.2 Å². The van der Waals surface area contributed by atoms with Crippen LogP contribution in [0.25, 0.3) is 0 Å². The molecule has 1 fully saturated rings. The average Bonchev–Trinajstić information content (AvgIpc) is 2.76. The van der Waals surface area contributed by atoms with Crippen LogP contribution in [0.2, 0.25) is 0 Å². The number of pyridine rings is 1. The maximum atomic E-state index is 10.3. The van der Waals surface area contributed by atoms with E-state index in [9.17, 15) is 5.11 Å². The maximum absolute atomic E-state index is 10.3. The number of hydrogen-bond acceptors (Lipinski definition) is 5. The van der Waals surface area contributed by atoms with E-state index in [2.05, 4.69) is 32.0 Å². The lowest BCUT2D eigenvalue weighted by Crippen LogP contribution is -2.53. The second kappa shape index (κ2) is 10.7. The molecule has 2 N–H and O–H groups in total. The molecule has 2 aromatic rings. The van der Waals surface area contributed by atoms with Crippen LogP contribution in [0.4, 0.5) is 5.82 Å². The summed E-state index contributed by atoms with van der Waals surface area (Å²) in [4.78, 5) is 13.6. The first-order valence-corrected chi connectivity index (χ1v) is 10.2. The topological polar surface area (TPSA) is 73.2 Å². The van der Waals surface area contributed by atoms with E-state index in [0.29, 0.717) is 6.54 Å². The number of guanidine groups is 1.